The fourth-order valence-electron chi connectivity index (χ4n) is 3.47. The molecule has 1 saturated carbocycles. The third-order valence-corrected chi connectivity index (χ3v) is 6.99. The second-order valence-corrected chi connectivity index (χ2v) is 8.23. The third kappa shape index (κ3) is 2.99. The van der Waals surface area contributed by atoms with Gasteiger partial charge in [-0.3, -0.25) is 0 Å². The van der Waals surface area contributed by atoms with E-state index in [2.05, 4.69) is 0 Å². The molecule has 0 amide bonds. The van der Waals surface area contributed by atoms with Crippen molar-refractivity contribution in [1.29, 1.82) is 0 Å². The molecule has 3 rings (SSSR count). The summed E-state index contributed by atoms with van der Waals surface area (Å²) in [6.07, 6.45) is -0.192. The summed E-state index contributed by atoms with van der Waals surface area (Å²) < 4.78 is 16.6. The molecule has 0 N–H and O–H groups in total. The zero-order chi connectivity index (χ0) is 17.3. The molecule has 0 spiro atoms. The molecule has 1 aliphatic heterocycles. The molecule has 24 heavy (non-hydrogen) atoms. The average molecular weight is 397 g/mol. The van der Waals surface area contributed by atoms with Gasteiger partial charge in [-0.05, 0) is 0 Å². The first-order chi connectivity index (χ1) is 11.6. The van der Waals surface area contributed by atoms with Crippen LogP contribution < -0.4 is 4.46 Å². The average Bonchev–Trinajstić information content (AvgIpc) is 3.08. The monoisotopic (exact) mass is 398 g/mol. The zero-order valence-electron chi connectivity index (χ0n) is 13.3. The maximum absolute atomic E-state index is 12.4. The van der Waals surface area contributed by atoms with Gasteiger partial charge in [0, 0.05) is 0 Å². The van der Waals surface area contributed by atoms with Crippen molar-refractivity contribution in [3.05, 3.63) is 30.3 Å². The number of hydrogen-bond acceptors (Lipinski definition) is 6. The predicted molar refractivity (Wildman–Crippen MR) is 84.6 cm³/mol. The molecule has 1 aromatic rings. The van der Waals surface area contributed by atoms with E-state index >= 15 is 0 Å². The summed E-state index contributed by atoms with van der Waals surface area (Å²) in [5.74, 6) is -3.37. The fourth-order valence-corrected chi connectivity index (χ4v) is 6.11. The van der Waals surface area contributed by atoms with E-state index in [0.29, 0.717) is 0 Å². The van der Waals surface area contributed by atoms with Crippen LogP contribution in [0, 0.1) is 17.8 Å². The van der Waals surface area contributed by atoms with Crippen molar-refractivity contribution in [1.82, 2.24) is 0 Å². The molecule has 2 fully saturated rings. The molecule has 1 heterocycles. The molecular formula is C17H18O6Se. The van der Waals surface area contributed by atoms with E-state index in [1.54, 1.807) is 0 Å². The number of carbonyl (C=O) groups excluding carboxylic acids is 3. The molecule has 1 aliphatic carbocycles. The van der Waals surface area contributed by atoms with E-state index in [1.165, 1.54) is 14.2 Å². The standard InChI is InChI=1S/C17H18O6Se/c1-21-15(19)14(16(20)22-2)13-11-8-10(18)12(13)17(23-11)24-9-6-4-3-5-7-9/h3-7,11-14,17H,8H2,1-2H3/t11-,12+,13?,17?/m0/s1. The summed E-state index contributed by atoms with van der Waals surface area (Å²) in [5.41, 5.74) is 0. The molecule has 1 aromatic carbocycles. The van der Waals surface area contributed by atoms with Crippen LogP contribution in [0.2, 0.25) is 0 Å². The maximum atomic E-state index is 12.4. The number of benzene rings is 1. The first-order valence-corrected chi connectivity index (χ1v) is 9.47. The Labute approximate surface area is 146 Å². The van der Waals surface area contributed by atoms with Crippen LogP contribution in [0.25, 0.3) is 0 Å². The molecule has 0 aromatic heterocycles. The molecule has 4 atom stereocenters. The third-order valence-electron chi connectivity index (χ3n) is 4.51. The van der Waals surface area contributed by atoms with Gasteiger partial charge in [-0.15, -0.1) is 0 Å². The van der Waals surface area contributed by atoms with Crippen molar-refractivity contribution in [2.75, 3.05) is 14.2 Å². The topological polar surface area (TPSA) is 78.9 Å². The van der Waals surface area contributed by atoms with Crippen molar-refractivity contribution in [3.8, 4) is 0 Å². The molecule has 2 aliphatic rings. The van der Waals surface area contributed by atoms with Crippen LogP contribution in [0.5, 0.6) is 0 Å². The Morgan fingerprint density at radius 1 is 1.17 bits per heavy atom. The number of fused-ring (bicyclic) bond motifs is 2. The minimum atomic E-state index is -1.11. The Bertz CT molecular complexity index is 630. The normalized spacial score (nSPS) is 28.2. The number of ketones is 1. The van der Waals surface area contributed by atoms with Gasteiger partial charge in [0.25, 0.3) is 0 Å². The number of methoxy groups -OCH3 is 2. The van der Waals surface area contributed by atoms with Gasteiger partial charge in [-0.1, -0.05) is 0 Å². The van der Waals surface area contributed by atoms with Gasteiger partial charge < -0.3 is 0 Å². The molecule has 1 saturated heterocycles. The quantitative estimate of drug-likeness (QED) is 0.393. The van der Waals surface area contributed by atoms with E-state index in [9.17, 15) is 14.4 Å². The summed E-state index contributed by atoms with van der Waals surface area (Å²) in [4.78, 5) is 36.6. The fraction of sp³-hybridized carbons (Fsp3) is 0.471. The summed E-state index contributed by atoms with van der Waals surface area (Å²) in [6, 6.07) is 9.80. The Kier molecular flexibility index (Phi) is 5.04. The van der Waals surface area contributed by atoms with Gasteiger partial charge in [-0.2, -0.15) is 0 Å². The Hall–Kier alpha value is -1.69. The van der Waals surface area contributed by atoms with Crippen molar-refractivity contribution in [3.63, 3.8) is 0 Å². The zero-order valence-corrected chi connectivity index (χ0v) is 15.1. The second kappa shape index (κ2) is 7.05. The predicted octanol–water partition coefficient (Wildman–Crippen LogP) is -0.0916. The molecule has 6 nitrogen and oxygen atoms in total. The van der Waals surface area contributed by atoms with Gasteiger partial charge in [0.15, 0.2) is 0 Å². The number of esters is 2. The van der Waals surface area contributed by atoms with Gasteiger partial charge in [0.2, 0.25) is 0 Å². The first kappa shape index (κ1) is 17.1. The summed E-state index contributed by atoms with van der Waals surface area (Å²) >= 11 is -0.0776. The molecule has 2 unspecified atom stereocenters. The number of hydrogen-bond donors (Lipinski definition) is 0. The number of Topliss-reactive ketones (excluding diaryl/α,β-unsaturated/α-hetero) is 1. The Balaban J connectivity index is 1.85. The SMILES string of the molecule is COC(=O)C(C(=O)OC)C1[C@H]2C(=O)C[C@@H]1OC2[Se]c1ccccc1. The summed E-state index contributed by atoms with van der Waals surface area (Å²) in [5, 5.41) is -0.270. The van der Waals surface area contributed by atoms with E-state index in [4.69, 9.17) is 14.2 Å². The molecule has 0 radical (unpaired) electrons. The minimum absolute atomic E-state index is 0.0527. The van der Waals surface area contributed by atoms with Crippen molar-refractivity contribution in [2.24, 2.45) is 17.8 Å². The molecule has 2 bridgehead atoms. The van der Waals surface area contributed by atoms with E-state index in [-0.39, 0.29) is 32.2 Å². The van der Waals surface area contributed by atoms with Crippen LogP contribution in [-0.4, -0.2) is 58.0 Å². The van der Waals surface area contributed by atoms with E-state index in [1.807, 2.05) is 30.3 Å². The van der Waals surface area contributed by atoms with Gasteiger partial charge in [0.05, 0.1) is 0 Å². The molecule has 7 heteroatoms. The van der Waals surface area contributed by atoms with Crippen LogP contribution in [0.4, 0.5) is 0 Å². The number of ether oxygens (including phenoxy) is 3. The van der Waals surface area contributed by atoms with Crippen molar-refractivity contribution < 1.29 is 28.6 Å². The molecular weight excluding hydrogens is 379 g/mol. The molecule has 128 valence electrons. The summed E-state index contributed by atoms with van der Waals surface area (Å²) in [6.45, 7) is 0. The first-order valence-electron chi connectivity index (χ1n) is 7.62. The van der Waals surface area contributed by atoms with Crippen LogP contribution in [0.1, 0.15) is 6.42 Å². The van der Waals surface area contributed by atoms with Crippen LogP contribution in [0.3, 0.4) is 0 Å². The van der Waals surface area contributed by atoms with Crippen LogP contribution >= 0.6 is 0 Å². The summed E-state index contributed by atoms with van der Waals surface area (Å²) in [7, 11) is 2.45. The van der Waals surface area contributed by atoms with Gasteiger partial charge in [-0.25, -0.2) is 0 Å². The number of rotatable bonds is 5. The Morgan fingerprint density at radius 3 is 2.38 bits per heavy atom. The van der Waals surface area contributed by atoms with Crippen LogP contribution in [-0.2, 0) is 28.6 Å². The number of carbonyl (C=O) groups is 3. The second-order valence-electron chi connectivity index (χ2n) is 5.77. The van der Waals surface area contributed by atoms with Crippen LogP contribution in [0.15, 0.2) is 30.3 Å². The van der Waals surface area contributed by atoms with Gasteiger partial charge in [0.1, 0.15) is 0 Å². The van der Waals surface area contributed by atoms with Crippen molar-refractivity contribution in [2.45, 2.75) is 17.5 Å². The Morgan fingerprint density at radius 2 is 1.79 bits per heavy atom. The van der Waals surface area contributed by atoms with Gasteiger partial charge >= 0.3 is 146 Å². The van der Waals surface area contributed by atoms with E-state index < -0.39 is 35.8 Å². The van der Waals surface area contributed by atoms with E-state index in [0.717, 1.165) is 4.46 Å². The van der Waals surface area contributed by atoms with Crippen molar-refractivity contribution >= 4 is 37.1 Å².